The topological polar surface area (TPSA) is 21.3 Å². The maximum Gasteiger partial charge on any atom is 0.0575 e. The van der Waals surface area contributed by atoms with Crippen molar-refractivity contribution in [2.75, 3.05) is 13.2 Å². The van der Waals surface area contributed by atoms with Crippen LogP contribution in [0.2, 0.25) is 0 Å². The third-order valence-corrected chi connectivity index (χ3v) is 3.79. The summed E-state index contributed by atoms with van der Waals surface area (Å²) in [6.07, 6.45) is 6.98. The van der Waals surface area contributed by atoms with E-state index in [4.69, 9.17) is 4.74 Å². The molecule has 1 aliphatic carbocycles. The van der Waals surface area contributed by atoms with Gasteiger partial charge in [0.05, 0.1) is 6.10 Å². The minimum atomic E-state index is 0. The number of thiophene rings is 1. The Hall–Kier alpha value is -0.0900. The van der Waals surface area contributed by atoms with E-state index in [1.165, 1.54) is 31.2 Å². The molecule has 1 saturated carbocycles. The second-order valence-electron chi connectivity index (χ2n) is 4.44. The summed E-state index contributed by atoms with van der Waals surface area (Å²) < 4.78 is 5.80. The summed E-state index contributed by atoms with van der Waals surface area (Å²) in [6, 6.07) is 2.17. The van der Waals surface area contributed by atoms with Gasteiger partial charge in [-0.25, -0.2) is 0 Å². The first-order valence-electron chi connectivity index (χ1n) is 6.28. The molecule has 0 amide bonds. The van der Waals surface area contributed by atoms with Gasteiger partial charge in [0.15, 0.2) is 0 Å². The van der Waals surface area contributed by atoms with E-state index in [-0.39, 0.29) is 12.4 Å². The predicted molar refractivity (Wildman–Crippen MR) is 76.1 cm³/mol. The minimum Gasteiger partial charge on any atom is -0.378 e. The van der Waals surface area contributed by atoms with E-state index in [0.717, 1.165) is 26.1 Å². The second-order valence-corrected chi connectivity index (χ2v) is 5.22. The molecule has 0 aromatic carbocycles. The first-order chi connectivity index (χ1) is 7.95. The first-order valence-corrected chi connectivity index (χ1v) is 7.23. The van der Waals surface area contributed by atoms with Crippen LogP contribution < -0.4 is 5.32 Å². The molecule has 0 unspecified atom stereocenters. The highest BCUT2D eigenvalue weighted by atomic mass is 35.5. The zero-order valence-electron chi connectivity index (χ0n) is 10.2. The molecule has 1 aliphatic rings. The SMILES string of the molecule is Cl.c1cc(CNCCCOC2CCCC2)cs1. The molecule has 1 fully saturated rings. The molecule has 0 atom stereocenters. The fourth-order valence-electron chi connectivity index (χ4n) is 2.13. The van der Waals surface area contributed by atoms with Gasteiger partial charge in [-0.3, -0.25) is 0 Å². The van der Waals surface area contributed by atoms with Crippen LogP contribution in [0.25, 0.3) is 0 Å². The van der Waals surface area contributed by atoms with Gasteiger partial charge in [0.1, 0.15) is 0 Å². The second kappa shape index (κ2) is 8.92. The average Bonchev–Trinajstić information content (AvgIpc) is 2.96. The van der Waals surface area contributed by atoms with Gasteiger partial charge in [0.2, 0.25) is 0 Å². The standard InChI is InChI=1S/C13H21NOS.ClH/c1-2-5-13(4-1)15-8-3-7-14-10-12-6-9-16-11-12;/h6,9,11,13-14H,1-5,7-8,10H2;1H. The van der Waals surface area contributed by atoms with Crippen LogP contribution >= 0.6 is 23.7 Å². The van der Waals surface area contributed by atoms with Crippen LogP contribution in [0, 0.1) is 0 Å². The third kappa shape index (κ3) is 5.87. The van der Waals surface area contributed by atoms with Crippen molar-refractivity contribution < 1.29 is 4.74 Å². The van der Waals surface area contributed by atoms with Crippen LogP contribution in [-0.4, -0.2) is 19.3 Å². The first kappa shape index (κ1) is 15.0. The van der Waals surface area contributed by atoms with E-state index in [1.807, 2.05) is 0 Å². The van der Waals surface area contributed by atoms with Crippen molar-refractivity contribution >= 4 is 23.7 Å². The van der Waals surface area contributed by atoms with Crippen LogP contribution in [0.4, 0.5) is 0 Å². The number of hydrogen-bond acceptors (Lipinski definition) is 3. The van der Waals surface area contributed by atoms with Gasteiger partial charge in [-0.2, -0.15) is 11.3 Å². The van der Waals surface area contributed by atoms with E-state index >= 15 is 0 Å². The molecule has 1 N–H and O–H groups in total. The maximum absolute atomic E-state index is 5.80. The molecule has 2 nitrogen and oxygen atoms in total. The van der Waals surface area contributed by atoms with Crippen LogP contribution in [0.1, 0.15) is 37.7 Å². The maximum atomic E-state index is 5.80. The van der Waals surface area contributed by atoms with Crippen LogP contribution in [-0.2, 0) is 11.3 Å². The number of hydrogen-bond donors (Lipinski definition) is 1. The quantitative estimate of drug-likeness (QED) is 0.768. The number of rotatable bonds is 7. The number of ether oxygens (including phenoxy) is 1. The Labute approximate surface area is 114 Å². The molecule has 0 spiro atoms. The lowest BCUT2D eigenvalue weighted by atomic mass is 10.3. The monoisotopic (exact) mass is 275 g/mol. The Balaban J connectivity index is 0.00000144. The summed E-state index contributed by atoms with van der Waals surface area (Å²) in [5, 5.41) is 7.76. The Kier molecular flexibility index (Phi) is 7.86. The molecule has 1 aromatic heterocycles. The Morgan fingerprint density at radius 2 is 2.18 bits per heavy atom. The van der Waals surface area contributed by atoms with Crippen LogP contribution in [0.5, 0.6) is 0 Å². The van der Waals surface area contributed by atoms with Crippen molar-refractivity contribution in [3.63, 3.8) is 0 Å². The average molecular weight is 276 g/mol. The molecule has 0 saturated heterocycles. The summed E-state index contributed by atoms with van der Waals surface area (Å²) in [5.74, 6) is 0. The Morgan fingerprint density at radius 1 is 1.35 bits per heavy atom. The zero-order chi connectivity index (χ0) is 11.1. The molecule has 0 radical (unpaired) electrons. The van der Waals surface area contributed by atoms with Crippen molar-refractivity contribution in [1.29, 1.82) is 0 Å². The normalized spacial score (nSPS) is 16.0. The van der Waals surface area contributed by atoms with E-state index in [2.05, 4.69) is 22.1 Å². The molecule has 0 bridgehead atoms. The largest absolute Gasteiger partial charge is 0.378 e. The molecule has 0 aliphatic heterocycles. The Morgan fingerprint density at radius 3 is 2.88 bits per heavy atom. The van der Waals surface area contributed by atoms with E-state index < -0.39 is 0 Å². The van der Waals surface area contributed by atoms with E-state index in [0.29, 0.717) is 6.10 Å². The molecule has 17 heavy (non-hydrogen) atoms. The highest BCUT2D eigenvalue weighted by molar-refractivity contribution is 7.07. The molecular weight excluding hydrogens is 254 g/mol. The zero-order valence-corrected chi connectivity index (χ0v) is 11.8. The van der Waals surface area contributed by atoms with Gasteiger partial charge >= 0.3 is 0 Å². The van der Waals surface area contributed by atoms with Gasteiger partial charge < -0.3 is 10.1 Å². The number of halogens is 1. The molecule has 1 heterocycles. The highest BCUT2D eigenvalue weighted by Crippen LogP contribution is 2.20. The van der Waals surface area contributed by atoms with Gasteiger partial charge in [-0.15, -0.1) is 12.4 Å². The molecule has 1 aromatic rings. The van der Waals surface area contributed by atoms with E-state index in [1.54, 1.807) is 11.3 Å². The summed E-state index contributed by atoms with van der Waals surface area (Å²) in [5.41, 5.74) is 1.39. The summed E-state index contributed by atoms with van der Waals surface area (Å²) in [6.45, 7) is 2.97. The smallest absolute Gasteiger partial charge is 0.0575 e. The van der Waals surface area contributed by atoms with Crippen molar-refractivity contribution in [3.8, 4) is 0 Å². The third-order valence-electron chi connectivity index (χ3n) is 3.06. The summed E-state index contributed by atoms with van der Waals surface area (Å²) >= 11 is 1.76. The van der Waals surface area contributed by atoms with Crippen LogP contribution in [0.15, 0.2) is 16.8 Å². The van der Waals surface area contributed by atoms with Crippen molar-refractivity contribution in [1.82, 2.24) is 5.32 Å². The number of nitrogens with one attached hydrogen (secondary N) is 1. The Bertz CT molecular complexity index is 273. The molecule has 2 rings (SSSR count). The van der Waals surface area contributed by atoms with Gasteiger partial charge in [0.25, 0.3) is 0 Å². The van der Waals surface area contributed by atoms with Crippen LogP contribution in [0.3, 0.4) is 0 Å². The molecule has 98 valence electrons. The highest BCUT2D eigenvalue weighted by Gasteiger charge is 2.14. The van der Waals surface area contributed by atoms with Crippen molar-refractivity contribution in [2.45, 2.75) is 44.8 Å². The molecular formula is C13H22ClNOS. The lowest BCUT2D eigenvalue weighted by molar-refractivity contribution is 0.0568. The van der Waals surface area contributed by atoms with Crippen molar-refractivity contribution in [3.05, 3.63) is 22.4 Å². The summed E-state index contributed by atoms with van der Waals surface area (Å²) in [7, 11) is 0. The van der Waals surface area contributed by atoms with Crippen molar-refractivity contribution in [2.24, 2.45) is 0 Å². The van der Waals surface area contributed by atoms with Gasteiger partial charge in [0, 0.05) is 13.2 Å². The lowest BCUT2D eigenvalue weighted by Crippen LogP contribution is -2.17. The summed E-state index contributed by atoms with van der Waals surface area (Å²) in [4.78, 5) is 0. The fourth-order valence-corrected chi connectivity index (χ4v) is 2.80. The van der Waals surface area contributed by atoms with Gasteiger partial charge in [-0.1, -0.05) is 12.8 Å². The fraction of sp³-hybridized carbons (Fsp3) is 0.692. The van der Waals surface area contributed by atoms with Gasteiger partial charge in [-0.05, 0) is 48.2 Å². The predicted octanol–water partition coefficient (Wildman–Crippen LogP) is 3.61. The van der Waals surface area contributed by atoms with E-state index in [9.17, 15) is 0 Å². The molecule has 4 heteroatoms. The minimum absolute atomic E-state index is 0. The lowest BCUT2D eigenvalue weighted by Gasteiger charge is -2.10.